The maximum absolute atomic E-state index is 14.7. The van der Waals surface area contributed by atoms with Crippen LogP contribution in [0.25, 0.3) is 22.0 Å². The second-order valence-electron chi connectivity index (χ2n) is 6.08. The summed E-state index contributed by atoms with van der Waals surface area (Å²) in [6, 6.07) is 9.36. The Bertz CT molecular complexity index is 1260. The predicted octanol–water partition coefficient (Wildman–Crippen LogP) is 3.93. The monoisotopic (exact) mass is 393 g/mol. The second kappa shape index (κ2) is 7.59. The summed E-state index contributed by atoms with van der Waals surface area (Å²) >= 11 is 0. The summed E-state index contributed by atoms with van der Waals surface area (Å²) in [5, 5.41) is 0.636. The summed E-state index contributed by atoms with van der Waals surface area (Å²) in [6.45, 7) is 0. The average Bonchev–Trinajstić information content (AvgIpc) is 2.74. The highest BCUT2D eigenvalue weighted by Gasteiger charge is 2.14. The lowest BCUT2D eigenvalue weighted by atomic mass is 10.1. The standard InChI is InChI=1S/C21H16FN3O4/c1-27-19-8-13-16(9-20(19)28-2)24-6-5-17(13)29-18-4-3-12(7-15(18)22)14-10-23-11-25-21(14)26/h3-11H,1-2H3,(H,23,25,26). The van der Waals surface area contributed by atoms with Gasteiger partial charge in [-0.25, -0.2) is 9.37 Å². The van der Waals surface area contributed by atoms with Crippen molar-refractivity contribution < 1.29 is 18.6 Å². The van der Waals surface area contributed by atoms with Gasteiger partial charge in [0.05, 0.1) is 31.6 Å². The third kappa shape index (κ3) is 3.47. The zero-order valence-electron chi connectivity index (χ0n) is 15.6. The van der Waals surface area contributed by atoms with Gasteiger partial charge >= 0.3 is 0 Å². The topological polar surface area (TPSA) is 86.3 Å². The lowest BCUT2D eigenvalue weighted by molar-refractivity contribution is 0.355. The van der Waals surface area contributed by atoms with E-state index in [2.05, 4.69) is 15.0 Å². The molecule has 2 aromatic carbocycles. The number of aromatic nitrogens is 3. The lowest BCUT2D eigenvalue weighted by Crippen LogP contribution is -2.08. The van der Waals surface area contributed by atoms with E-state index in [4.69, 9.17) is 14.2 Å². The van der Waals surface area contributed by atoms with E-state index in [1.807, 2.05) is 0 Å². The number of methoxy groups -OCH3 is 2. The normalized spacial score (nSPS) is 10.7. The van der Waals surface area contributed by atoms with Crippen molar-refractivity contribution in [2.24, 2.45) is 0 Å². The van der Waals surface area contributed by atoms with Crippen molar-refractivity contribution in [3.63, 3.8) is 0 Å². The van der Waals surface area contributed by atoms with E-state index in [9.17, 15) is 9.18 Å². The van der Waals surface area contributed by atoms with E-state index in [1.54, 1.807) is 30.5 Å². The van der Waals surface area contributed by atoms with Gasteiger partial charge in [-0.1, -0.05) is 6.07 Å². The molecular formula is C21H16FN3O4. The molecule has 0 saturated heterocycles. The summed E-state index contributed by atoms with van der Waals surface area (Å²) in [5.74, 6) is 0.834. The Labute approximate surface area is 164 Å². The van der Waals surface area contributed by atoms with E-state index >= 15 is 0 Å². The third-order valence-electron chi connectivity index (χ3n) is 4.39. The predicted molar refractivity (Wildman–Crippen MR) is 105 cm³/mol. The molecule has 29 heavy (non-hydrogen) atoms. The minimum Gasteiger partial charge on any atom is -0.493 e. The quantitative estimate of drug-likeness (QED) is 0.553. The molecule has 2 aromatic heterocycles. The third-order valence-corrected chi connectivity index (χ3v) is 4.39. The van der Waals surface area contributed by atoms with Crippen LogP contribution in [0, 0.1) is 5.82 Å². The Balaban J connectivity index is 1.73. The molecule has 0 aliphatic carbocycles. The van der Waals surface area contributed by atoms with Crippen molar-refractivity contribution in [1.29, 1.82) is 0 Å². The molecule has 2 heterocycles. The molecule has 0 radical (unpaired) electrons. The van der Waals surface area contributed by atoms with Gasteiger partial charge in [-0.15, -0.1) is 0 Å². The highest BCUT2D eigenvalue weighted by Crippen LogP contribution is 2.37. The number of hydrogen-bond acceptors (Lipinski definition) is 6. The van der Waals surface area contributed by atoms with Gasteiger partial charge in [-0.05, 0) is 29.8 Å². The Morgan fingerprint density at radius 3 is 2.48 bits per heavy atom. The largest absolute Gasteiger partial charge is 0.493 e. The average molecular weight is 393 g/mol. The summed E-state index contributed by atoms with van der Waals surface area (Å²) < 4.78 is 31.1. The van der Waals surface area contributed by atoms with Crippen LogP contribution in [-0.2, 0) is 0 Å². The summed E-state index contributed by atoms with van der Waals surface area (Å²) in [6.07, 6.45) is 4.21. The minimum absolute atomic E-state index is 0.0105. The van der Waals surface area contributed by atoms with Crippen molar-refractivity contribution in [2.45, 2.75) is 0 Å². The van der Waals surface area contributed by atoms with E-state index in [-0.39, 0.29) is 16.9 Å². The van der Waals surface area contributed by atoms with E-state index in [0.717, 1.165) is 0 Å². The fraction of sp³-hybridized carbons (Fsp3) is 0.0952. The van der Waals surface area contributed by atoms with Crippen LogP contribution in [0.3, 0.4) is 0 Å². The fourth-order valence-corrected chi connectivity index (χ4v) is 2.96. The van der Waals surface area contributed by atoms with Crippen LogP contribution < -0.4 is 19.8 Å². The van der Waals surface area contributed by atoms with E-state index < -0.39 is 5.82 Å². The zero-order valence-corrected chi connectivity index (χ0v) is 15.6. The Morgan fingerprint density at radius 1 is 0.966 bits per heavy atom. The van der Waals surface area contributed by atoms with Crippen molar-refractivity contribution in [1.82, 2.24) is 15.0 Å². The zero-order chi connectivity index (χ0) is 20.4. The van der Waals surface area contributed by atoms with Crippen LogP contribution in [0.2, 0.25) is 0 Å². The van der Waals surface area contributed by atoms with E-state index in [0.29, 0.717) is 33.7 Å². The molecule has 0 aliphatic rings. The first-order valence-corrected chi connectivity index (χ1v) is 8.62. The van der Waals surface area contributed by atoms with Gasteiger partial charge < -0.3 is 19.2 Å². The van der Waals surface area contributed by atoms with Crippen molar-refractivity contribution in [3.05, 3.63) is 71.3 Å². The number of pyridine rings is 1. The molecular weight excluding hydrogens is 377 g/mol. The molecule has 4 aromatic rings. The Kier molecular flexibility index (Phi) is 4.82. The minimum atomic E-state index is -0.615. The second-order valence-corrected chi connectivity index (χ2v) is 6.08. The number of nitrogens with zero attached hydrogens (tertiary/aromatic N) is 2. The number of hydrogen-bond donors (Lipinski definition) is 1. The maximum atomic E-state index is 14.7. The van der Waals surface area contributed by atoms with Gasteiger partial charge in [0.1, 0.15) is 5.75 Å². The van der Waals surface area contributed by atoms with Crippen molar-refractivity contribution in [3.8, 4) is 34.1 Å². The number of ether oxygens (including phenoxy) is 3. The Morgan fingerprint density at radius 2 is 1.76 bits per heavy atom. The molecule has 0 amide bonds. The van der Waals surface area contributed by atoms with Gasteiger partial charge in [0.2, 0.25) is 0 Å². The number of nitrogens with one attached hydrogen (secondary N) is 1. The SMILES string of the molecule is COc1cc2nccc(Oc3ccc(-c4cnc[nH]c4=O)cc3F)c2cc1OC. The molecule has 0 unspecified atom stereocenters. The van der Waals surface area contributed by atoms with Gasteiger partial charge in [0.15, 0.2) is 23.1 Å². The van der Waals surface area contributed by atoms with Gasteiger partial charge in [0, 0.05) is 23.8 Å². The smallest absolute Gasteiger partial charge is 0.258 e. The highest BCUT2D eigenvalue weighted by atomic mass is 19.1. The molecule has 0 saturated carbocycles. The first-order valence-electron chi connectivity index (χ1n) is 8.62. The maximum Gasteiger partial charge on any atom is 0.258 e. The number of halogens is 1. The van der Waals surface area contributed by atoms with Crippen molar-refractivity contribution in [2.75, 3.05) is 14.2 Å². The molecule has 4 rings (SSSR count). The van der Waals surface area contributed by atoms with E-state index in [1.165, 1.54) is 38.9 Å². The number of aromatic amines is 1. The van der Waals surface area contributed by atoms with Crippen LogP contribution in [-0.4, -0.2) is 29.2 Å². The van der Waals surface area contributed by atoms with Crippen LogP contribution >= 0.6 is 0 Å². The number of fused-ring (bicyclic) bond motifs is 1. The number of benzene rings is 2. The molecule has 0 bridgehead atoms. The molecule has 0 spiro atoms. The first-order chi connectivity index (χ1) is 14.1. The van der Waals surface area contributed by atoms with Gasteiger partial charge in [-0.3, -0.25) is 9.78 Å². The number of H-pyrrole nitrogens is 1. The van der Waals surface area contributed by atoms with Crippen LogP contribution in [0.5, 0.6) is 23.0 Å². The van der Waals surface area contributed by atoms with Crippen molar-refractivity contribution >= 4 is 10.9 Å². The summed E-state index contributed by atoms with van der Waals surface area (Å²) in [4.78, 5) is 22.5. The molecule has 7 nitrogen and oxygen atoms in total. The molecule has 0 fully saturated rings. The lowest BCUT2D eigenvalue weighted by Gasteiger charge is -2.13. The fourth-order valence-electron chi connectivity index (χ4n) is 2.96. The Hall–Kier alpha value is -3.94. The number of rotatable bonds is 5. The highest BCUT2D eigenvalue weighted by molar-refractivity contribution is 5.88. The summed E-state index contributed by atoms with van der Waals surface area (Å²) in [7, 11) is 3.06. The molecule has 146 valence electrons. The van der Waals surface area contributed by atoms with Crippen LogP contribution in [0.1, 0.15) is 0 Å². The first kappa shape index (κ1) is 18.4. The molecule has 8 heteroatoms. The van der Waals surface area contributed by atoms with Gasteiger partial charge in [0.25, 0.3) is 5.56 Å². The van der Waals surface area contributed by atoms with Gasteiger partial charge in [-0.2, -0.15) is 0 Å². The molecule has 0 aliphatic heterocycles. The summed E-state index contributed by atoms with van der Waals surface area (Å²) in [5.41, 5.74) is 0.924. The van der Waals surface area contributed by atoms with Crippen LogP contribution in [0.4, 0.5) is 4.39 Å². The van der Waals surface area contributed by atoms with Crippen LogP contribution in [0.15, 0.2) is 59.9 Å². The molecule has 0 atom stereocenters. The molecule has 1 N–H and O–H groups in total.